The minimum absolute atomic E-state index is 0.00424. The van der Waals surface area contributed by atoms with Gasteiger partial charge in [0.25, 0.3) is 5.91 Å². The molecule has 0 aliphatic carbocycles. The summed E-state index contributed by atoms with van der Waals surface area (Å²) in [7, 11) is 0. The van der Waals surface area contributed by atoms with Crippen molar-refractivity contribution in [3.05, 3.63) is 47.7 Å². The van der Waals surface area contributed by atoms with E-state index in [0.717, 1.165) is 0 Å². The van der Waals surface area contributed by atoms with Gasteiger partial charge in [0, 0.05) is 44.1 Å². The van der Waals surface area contributed by atoms with Gasteiger partial charge in [-0.3, -0.25) is 4.79 Å². The fourth-order valence-corrected chi connectivity index (χ4v) is 3.24. The number of rotatable bonds is 5. The predicted octanol–water partition coefficient (Wildman–Crippen LogP) is 1.94. The van der Waals surface area contributed by atoms with E-state index >= 15 is 0 Å². The highest BCUT2D eigenvalue weighted by Crippen LogP contribution is 2.31. The Morgan fingerprint density at radius 3 is 2.59 bits per heavy atom. The lowest BCUT2D eigenvalue weighted by molar-refractivity contribution is 0.0946. The van der Waals surface area contributed by atoms with Crippen LogP contribution in [-0.2, 0) is 0 Å². The van der Waals surface area contributed by atoms with E-state index in [9.17, 15) is 9.59 Å². The van der Waals surface area contributed by atoms with Crippen LogP contribution in [0.1, 0.15) is 41.9 Å². The average molecular weight is 371 g/mol. The lowest BCUT2D eigenvalue weighted by Gasteiger charge is -2.19. The van der Waals surface area contributed by atoms with E-state index in [-0.39, 0.29) is 29.8 Å². The molecule has 0 unspecified atom stereocenters. The molecule has 0 spiro atoms. The quantitative estimate of drug-likeness (QED) is 0.837. The zero-order valence-corrected chi connectivity index (χ0v) is 15.8. The minimum Gasteiger partial charge on any atom is -0.425 e. The molecule has 144 valence electrons. The van der Waals surface area contributed by atoms with Crippen molar-refractivity contribution in [2.45, 2.75) is 32.7 Å². The van der Waals surface area contributed by atoms with Gasteiger partial charge in [-0.1, -0.05) is 18.2 Å². The van der Waals surface area contributed by atoms with Crippen LogP contribution in [-0.4, -0.2) is 52.7 Å². The van der Waals surface area contributed by atoms with Gasteiger partial charge in [-0.05, 0) is 26.0 Å². The Kier molecular flexibility index (Phi) is 5.73. The minimum atomic E-state index is -0.138. The monoisotopic (exact) mass is 371 g/mol. The molecule has 1 saturated heterocycles. The van der Waals surface area contributed by atoms with Gasteiger partial charge in [-0.25, -0.2) is 4.79 Å². The number of likely N-dealkylation sites (tertiary alicyclic amines) is 1. The Morgan fingerprint density at radius 2 is 1.96 bits per heavy atom. The van der Waals surface area contributed by atoms with Crippen LogP contribution in [0.5, 0.6) is 0 Å². The fraction of sp³-hybridized carbons (Fsp3) is 0.474. The summed E-state index contributed by atoms with van der Waals surface area (Å²) in [6.07, 6.45) is 0. The van der Waals surface area contributed by atoms with Crippen LogP contribution in [0.2, 0.25) is 0 Å². The molecule has 0 bridgehead atoms. The van der Waals surface area contributed by atoms with Gasteiger partial charge in [0.1, 0.15) is 0 Å². The second-order valence-corrected chi connectivity index (χ2v) is 7.11. The lowest BCUT2D eigenvalue weighted by Crippen LogP contribution is -2.42. The number of aryl methyl sites for hydroxylation is 1. The van der Waals surface area contributed by atoms with Crippen molar-refractivity contribution >= 4 is 11.9 Å². The largest absolute Gasteiger partial charge is 0.425 e. The van der Waals surface area contributed by atoms with Crippen LogP contribution < -0.4 is 10.6 Å². The summed E-state index contributed by atoms with van der Waals surface area (Å²) in [4.78, 5) is 26.5. The second kappa shape index (κ2) is 8.20. The number of nitrogens with one attached hydrogen (secondary N) is 2. The second-order valence-electron chi connectivity index (χ2n) is 7.11. The van der Waals surface area contributed by atoms with Crippen molar-refractivity contribution in [3.8, 4) is 0 Å². The van der Waals surface area contributed by atoms with E-state index in [1.54, 1.807) is 24.0 Å². The van der Waals surface area contributed by atoms with Gasteiger partial charge >= 0.3 is 6.03 Å². The van der Waals surface area contributed by atoms with Gasteiger partial charge in [-0.2, -0.15) is 0 Å². The molecule has 2 aromatic rings. The molecule has 1 fully saturated rings. The first kappa shape index (κ1) is 18.9. The molecule has 2 atom stereocenters. The maximum atomic E-state index is 12.4. The number of carbonyl (C=O) groups is 2. The normalized spacial score (nSPS) is 19.3. The first-order valence-corrected chi connectivity index (χ1v) is 9.12. The van der Waals surface area contributed by atoms with E-state index < -0.39 is 0 Å². The Hall–Kier alpha value is -2.90. The van der Waals surface area contributed by atoms with Crippen LogP contribution >= 0.6 is 0 Å². The van der Waals surface area contributed by atoms with Gasteiger partial charge in [0.05, 0.1) is 5.92 Å². The number of benzene rings is 1. The van der Waals surface area contributed by atoms with Crippen molar-refractivity contribution in [1.29, 1.82) is 0 Å². The molecule has 27 heavy (non-hydrogen) atoms. The average Bonchev–Trinajstić information content (AvgIpc) is 3.26. The number of hydrogen-bond donors (Lipinski definition) is 2. The first-order valence-electron chi connectivity index (χ1n) is 9.12. The standard InChI is InChI=1S/C19H25N5O3/c1-12(2)21-19(26)24-10-15(16(11-24)18-23-22-13(3)27-18)9-20-17(25)14-7-5-4-6-8-14/h4-8,12,15-16H,9-11H2,1-3H3,(H,20,25)(H,21,26)/t15-,16-/m0/s1. The van der Waals surface area contributed by atoms with Gasteiger partial charge in [0.15, 0.2) is 0 Å². The summed E-state index contributed by atoms with van der Waals surface area (Å²) in [5.41, 5.74) is 0.607. The van der Waals surface area contributed by atoms with E-state index in [2.05, 4.69) is 20.8 Å². The molecule has 3 rings (SSSR count). The summed E-state index contributed by atoms with van der Waals surface area (Å²) in [6.45, 7) is 6.99. The fourth-order valence-electron chi connectivity index (χ4n) is 3.24. The number of amides is 3. The van der Waals surface area contributed by atoms with E-state index in [1.807, 2.05) is 32.0 Å². The van der Waals surface area contributed by atoms with Gasteiger partial charge in [0.2, 0.25) is 11.8 Å². The Labute approximate surface area is 158 Å². The third-order valence-corrected chi connectivity index (χ3v) is 4.56. The summed E-state index contributed by atoms with van der Waals surface area (Å²) in [6, 6.07) is 8.99. The zero-order valence-electron chi connectivity index (χ0n) is 15.8. The highest BCUT2D eigenvalue weighted by atomic mass is 16.4. The molecule has 0 saturated carbocycles. The molecule has 1 aliphatic heterocycles. The van der Waals surface area contributed by atoms with Crippen LogP contribution in [0.3, 0.4) is 0 Å². The lowest BCUT2D eigenvalue weighted by atomic mass is 9.96. The van der Waals surface area contributed by atoms with E-state index in [1.165, 1.54) is 0 Å². The van der Waals surface area contributed by atoms with Crippen molar-refractivity contribution in [3.63, 3.8) is 0 Å². The summed E-state index contributed by atoms with van der Waals surface area (Å²) >= 11 is 0. The first-order chi connectivity index (χ1) is 12.9. The molecule has 2 heterocycles. The zero-order chi connectivity index (χ0) is 19.4. The molecule has 1 aromatic carbocycles. The van der Waals surface area contributed by atoms with Crippen molar-refractivity contribution in [2.75, 3.05) is 19.6 Å². The van der Waals surface area contributed by atoms with Crippen molar-refractivity contribution in [1.82, 2.24) is 25.7 Å². The SMILES string of the molecule is Cc1nnc([C@H]2CN(C(=O)NC(C)C)C[C@@H]2CNC(=O)c2ccccc2)o1. The van der Waals surface area contributed by atoms with Crippen LogP contribution in [0.15, 0.2) is 34.7 Å². The number of nitrogens with zero attached hydrogens (tertiary/aromatic N) is 3. The third kappa shape index (κ3) is 4.64. The molecular weight excluding hydrogens is 346 g/mol. The van der Waals surface area contributed by atoms with Crippen LogP contribution in [0.25, 0.3) is 0 Å². The summed E-state index contributed by atoms with van der Waals surface area (Å²) < 4.78 is 5.60. The third-order valence-electron chi connectivity index (χ3n) is 4.56. The van der Waals surface area contributed by atoms with Crippen molar-refractivity contribution in [2.24, 2.45) is 5.92 Å². The molecule has 1 aromatic heterocycles. The topological polar surface area (TPSA) is 100 Å². The number of hydrogen-bond acceptors (Lipinski definition) is 5. The number of urea groups is 1. The number of aromatic nitrogens is 2. The Morgan fingerprint density at radius 1 is 1.22 bits per heavy atom. The maximum Gasteiger partial charge on any atom is 0.317 e. The van der Waals surface area contributed by atoms with Crippen LogP contribution in [0, 0.1) is 12.8 Å². The molecular formula is C19H25N5O3. The van der Waals surface area contributed by atoms with E-state index in [4.69, 9.17) is 4.42 Å². The van der Waals surface area contributed by atoms with Crippen molar-refractivity contribution < 1.29 is 14.0 Å². The van der Waals surface area contributed by atoms with E-state index in [0.29, 0.717) is 37.0 Å². The predicted molar refractivity (Wildman–Crippen MR) is 99.3 cm³/mol. The highest BCUT2D eigenvalue weighted by molar-refractivity contribution is 5.94. The van der Waals surface area contributed by atoms with Gasteiger partial charge < -0.3 is 20.0 Å². The molecule has 2 N–H and O–H groups in total. The highest BCUT2D eigenvalue weighted by Gasteiger charge is 2.39. The molecule has 8 nitrogen and oxygen atoms in total. The Balaban J connectivity index is 1.69. The molecule has 3 amide bonds. The maximum absolute atomic E-state index is 12.4. The van der Waals surface area contributed by atoms with Crippen LogP contribution in [0.4, 0.5) is 4.79 Å². The molecule has 0 radical (unpaired) electrons. The summed E-state index contributed by atoms with van der Waals surface area (Å²) in [5.74, 6) is 0.741. The Bertz CT molecular complexity index is 790. The molecule has 1 aliphatic rings. The van der Waals surface area contributed by atoms with Gasteiger partial charge in [-0.15, -0.1) is 10.2 Å². The smallest absolute Gasteiger partial charge is 0.317 e. The number of carbonyl (C=O) groups excluding carboxylic acids is 2. The summed E-state index contributed by atoms with van der Waals surface area (Å²) in [5, 5.41) is 13.9. The molecule has 8 heteroatoms.